The fourth-order valence-electron chi connectivity index (χ4n) is 4.14. The van der Waals surface area contributed by atoms with Crippen molar-refractivity contribution in [2.45, 2.75) is 27.7 Å². The molecule has 0 bridgehead atoms. The zero-order valence-corrected chi connectivity index (χ0v) is 19.2. The van der Waals surface area contributed by atoms with Crippen LogP contribution in [0, 0.1) is 13.8 Å². The van der Waals surface area contributed by atoms with E-state index in [0.717, 1.165) is 31.9 Å². The summed E-state index contributed by atoms with van der Waals surface area (Å²) in [6.45, 7) is 13.9. The van der Waals surface area contributed by atoms with Crippen molar-refractivity contribution in [2.75, 3.05) is 56.0 Å². The summed E-state index contributed by atoms with van der Waals surface area (Å²) in [6, 6.07) is 13.6. The zero-order chi connectivity index (χ0) is 22.4. The first-order valence-corrected chi connectivity index (χ1v) is 11.3. The average molecular weight is 424 g/mol. The van der Waals surface area contributed by atoms with Crippen molar-refractivity contribution < 1.29 is 14.5 Å². The Morgan fingerprint density at radius 2 is 1.65 bits per heavy atom. The summed E-state index contributed by atoms with van der Waals surface area (Å²) in [4.78, 5) is 30.4. The number of amides is 2. The molecule has 166 valence electrons. The van der Waals surface area contributed by atoms with Gasteiger partial charge in [-0.25, -0.2) is 0 Å². The number of piperazine rings is 1. The lowest BCUT2D eigenvalue weighted by molar-refractivity contribution is -0.892. The smallest absolute Gasteiger partial charge is 0.279 e. The second kappa shape index (κ2) is 10.4. The SMILES string of the molecule is CCN(CC)C(=O)c1ccc(NC(=O)C[NH+]2CCN(c3cccc(C)c3C)CC2)cc1. The number of aryl methyl sites for hydroxylation is 1. The third-order valence-electron chi connectivity index (χ3n) is 6.26. The predicted molar refractivity (Wildman–Crippen MR) is 126 cm³/mol. The Balaban J connectivity index is 1.49. The van der Waals surface area contributed by atoms with E-state index in [9.17, 15) is 9.59 Å². The molecule has 2 aromatic rings. The molecule has 0 aromatic heterocycles. The molecule has 3 rings (SSSR count). The Bertz CT molecular complexity index is 898. The van der Waals surface area contributed by atoms with Gasteiger partial charge in [0, 0.05) is 30.0 Å². The highest BCUT2D eigenvalue weighted by atomic mass is 16.2. The fraction of sp³-hybridized carbons (Fsp3) is 0.440. The van der Waals surface area contributed by atoms with E-state index in [1.165, 1.54) is 21.7 Å². The lowest BCUT2D eigenvalue weighted by Gasteiger charge is -2.34. The van der Waals surface area contributed by atoms with Crippen LogP contribution in [-0.4, -0.2) is 62.5 Å². The molecule has 1 fully saturated rings. The first kappa shape index (κ1) is 22.8. The van der Waals surface area contributed by atoms with E-state index in [1.807, 2.05) is 26.0 Å². The van der Waals surface area contributed by atoms with Crippen LogP contribution < -0.4 is 15.1 Å². The summed E-state index contributed by atoms with van der Waals surface area (Å²) in [6.07, 6.45) is 0. The molecular formula is C25H35N4O2+. The molecule has 2 N–H and O–H groups in total. The van der Waals surface area contributed by atoms with Crippen molar-refractivity contribution in [3.63, 3.8) is 0 Å². The van der Waals surface area contributed by atoms with Crippen LogP contribution >= 0.6 is 0 Å². The van der Waals surface area contributed by atoms with Gasteiger partial charge in [0.15, 0.2) is 6.54 Å². The molecule has 2 aromatic carbocycles. The first-order chi connectivity index (χ1) is 14.9. The molecule has 0 spiro atoms. The van der Waals surface area contributed by atoms with Crippen LogP contribution in [0.25, 0.3) is 0 Å². The van der Waals surface area contributed by atoms with Gasteiger partial charge in [-0.15, -0.1) is 0 Å². The number of nitrogens with zero attached hydrogens (tertiary/aromatic N) is 2. The monoisotopic (exact) mass is 423 g/mol. The van der Waals surface area contributed by atoms with Gasteiger partial charge in [-0.1, -0.05) is 12.1 Å². The van der Waals surface area contributed by atoms with Crippen LogP contribution in [0.5, 0.6) is 0 Å². The van der Waals surface area contributed by atoms with Crippen molar-refractivity contribution in [3.05, 3.63) is 59.2 Å². The summed E-state index contributed by atoms with van der Waals surface area (Å²) in [5.74, 6) is 0.0343. The third-order valence-corrected chi connectivity index (χ3v) is 6.26. The van der Waals surface area contributed by atoms with Crippen LogP contribution in [0.3, 0.4) is 0 Å². The van der Waals surface area contributed by atoms with E-state index >= 15 is 0 Å². The molecule has 6 heteroatoms. The van der Waals surface area contributed by atoms with E-state index < -0.39 is 0 Å². The molecule has 1 aliphatic heterocycles. The topological polar surface area (TPSA) is 57.1 Å². The lowest BCUT2D eigenvalue weighted by Crippen LogP contribution is -3.15. The average Bonchev–Trinajstić information content (AvgIpc) is 2.77. The molecule has 1 heterocycles. The van der Waals surface area contributed by atoms with Crippen molar-refractivity contribution in [3.8, 4) is 0 Å². The summed E-state index contributed by atoms with van der Waals surface area (Å²) < 4.78 is 0. The lowest BCUT2D eigenvalue weighted by atomic mass is 10.1. The van der Waals surface area contributed by atoms with Crippen LogP contribution in [0.4, 0.5) is 11.4 Å². The number of benzene rings is 2. The molecule has 0 atom stereocenters. The van der Waals surface area contributed by atoms with Crippen LogP contribution in [0.15, 0.2) is 42.5 Å². The van der Waals surface area contributed by atoms with Crippen LogP contribution in [-0.2, 0) is 4.79 Å². The quantitative estimate of drug-likeness (QED) is 0.717. The molecule has 0 aliphatic carbocycles. The van der Waals surface area contributed by atoms with Crippen molar-refractivity contribution in [2.24, 2.45) is 0 Å². The number of nitrogens with one attached hydrogen (secondary N) is 2. The number of hydrogen-bond donors (Lipinski definition) is 2. The van der Waals surface area contributed by atoms with E-state index in [1.54, 1.807) is 17.0 Å². The number of anilines is 2. The fourth-order valence-corrected chi connectivity index (χ4v) is 4.14. The van der Waals surface area contributed by atoms with Gasteiger partial charge >= 0.3 is 0 Å². The molecule has 0 radical (unpaired) electrons. The molecular weight excluding hydrogens is 388 g/mol. The molecule has 0 unspecified atom stereocenters. The maximum atomic E-state index is 12.5. The molecule has 6 nitrogen and oxygen atoms in total. The summed E-state index contributed by atoms with van der Waals surface area (Å²) in [5.41, 5.74) is 5.34. The minimum absolute atomic E-state index is 0.0120. The van der Waals surface area contributed by atoms with Gasteiger partial charge in [0.05, 0.1) is 26.2 Å². The van der Waals surface area contributed by atoms with E-state index in [4.69, 9.17) is 0 Å². The largest absolute Gasteiger partial charge is 0.360 e. The Kier molecular flexibility index (Phi) is 7.69. The van der Waals surface area contributed by atoms with E-state index in [0.29, 0.717) is 25.2 Å². The van der Waals surface area contributed by atoms with Crippen LogP contribution in [0.1, 0.15) is 35.3 Å². The minimum Gasteiger partial charge on any atom is -0.360 e. The van der Waals surface area contributed by atoms with Gasteiger partial charge in [0.1, 0.15) is 0 Å². The molecule has 1 saturated heterocycles. The molecule has 31 heavy (non-hydrogen) atoms. The highest BCUT2D eigenvalue weighted by molar-refractivity contribution is 5.96. The first-order valence-electron chi connectivity index (χ1n) is 11.3. The van der Waals surface area contributed by atoms with E-state index in [-0.39, 0.29) is 11.8 Å². The number of rotatable bonds is 7. The maximum absolute atomic E-state index is 12.5. The third kappa shape index (κ3) is 5.64. The number of carbonyl (C=O) groups excluding carboxylic acids is 2. The zero-order valence-electron chi connectivity index (χ0n) is 19.2. The minimum atomic E-state index is 0.0120. The Labute approximate surface area is 185 Å². The number of hydrogen-bond acceptors (Lipinski definition) is 3. The second-order valence-corrected chi connectivity index (χ2v) is 8.24. The number of quaternary nitrogens is 1. The number of carbonyl (C=O) groups is 2. The predicted octanol–water partition coefficient (Wildman–Crippen LogP) is 2.13. The van der Waals surface area contributed by atoms with Gasteiger partial charge < -0.3 is 20.0 Å². The highest BCUT2D eigenvalue weighted by Crippen LogP contribution is 2.22. The van der Waals surface area contributed by atoms with E-state index in [2.05, 4.69) is 42.3 Å². The second-order valence-electron chi connectivity index (χ2n) is 8.24. The summed E-state index contributed by atoms with van der Waals surface area (Å²) in [5, 5.41) is 2.97. The highest BCUT2D eigenvalue weighted by Gasteiger charge is 2.23. The van der Waals surface area contributed by atoms with Gasteiger partial charge in [-0.3, -0.25) is 9.59 Å². The Morgan fingerprint density at radius 3 is 2.26 bits per heavy atom. The van der Waals surface area contributed by atoms with Gasteiger partial charge in [-0.2, -0.15) is 0 Å². The van der Waals surface area contributed by atoms with Crippen molar-refractivity contribution >= 4 is 23.2 Å². The van der Waals surface area contributed by atoms with Crippen molar-refractivity contribution in [1.82, 2.24) is 4.90 Å². The summed E-state index contributed by atoms with van der Waals surface area (Å²) in [7, 11) is 0. The molecule has 1 aliphatic rings. The normalized spacial score (nSPS) is 14.4. The van der Waals surface area contributed by atoms with Gasteiger partial charge in [-0.05, 0) is 69.2 Å². The summed E-state index contributed by atoms with van der Waals surface area (Å²) >= 11 is 0. The van der Waals surface area contributed by atoms with Gasteiger partial charge in [0.2, 0.25) is 0 Å². The van der Waals surface area contributed by atoms with Crippen LogP contribution in [0.2, 0.25) is 0 Å². The molecule has 2 amide bonds. The van der Waals surface area contributed by atoms with Crippen molar-refractivity contribution in [1.29, 1.82) is 0 Å². The standard InChI is InChI=1S/C25H34N4O2/c1-5-28(6-2)25(31)21-10-12-22(13-11-21)26-24(30)18-27-14-16-29(17-15-27)23-9-7-8-19(3)20(23)4/h7-13H,5-6,14-18H2,1-4H3,(H,26,30)/p+1. The molecule has 0 saturated carbocycles. The van der Waals surface area contributed by atoms with Gasteiger partial charge in [0.25, 0.3) is 11.8 Å². The Hall–Kier alpha value is -2.86. The maximum Gasteiger partial charge on any atom is 0.279 e. The Morgan fingerprint density at radius 1 is 1.00 bits per heavy atom.